The Labute approximate surface area is 156 Å². The fourth-order valence-electron chi connectivity index (χ4n) is 3.80. The minimum atomic E-state index is -0.174. The Morgan fingerprint density at radius 1 is 1.00 bits per heavy atom. The van der Waals surface area contributed by atoms with Gasteiger partial charge in [0.05, 0.1) is 5.69 Å². The number of nitrogens with two attached hydrogens (primary N) is 1. The highest BCUT2D eigenvalue weighted by Gasteiger charge is 2.34. The van der Waals surface area contributed by atoms with Gasteiger partial charge in [-0.05, 0) is 30.4 Å². The smallest absolute Gasteiger partial charge is 0.266 e. The van der Waals surface area contributed by atoms with Gasteiger partial charge in [-0.15, -0.1) is 0 Å². The molecule has 5 heteroatoms. The number of nitrogens with zero attached hydrogens (tertiary/aromatic N) is 2. The summed E-state index contributed by atoms with van der Waals surface area (Å²) >= 11 is 0. The molecule has 0 saturated heterocycles. The van der Waals surface area contributed by atoms with Crippen molar-refractivity contribution in [1.82, 2.24) is 14.6 Å². The minimum absolute atomic E-state index is 0.163. The van der Waals surface area contributed by atoms with E-state index >= 15 is 0 Å². The van der Waals surface area contributed by atoms with Crippen molar-refractivity contribution in [3.05, 3.63) is 82.8 Å². The third-order valence-corrected chi connectivity index (χ3v) is 5.54. The molecule has 3 N–H and O–H groups in total. The summed E-state index contributed by atoms with van der Waals surface area (Å²) in [7, 11) is 0. The van der Waals surface area contributed by atoms with Gasteiger partial charge in [0.1, 0.15) is 0 Å². The maximum absolute atomic E-state index is 11.7. The van der Waals surface area contributed by atoms with E-state index in [4.69, 9.17) is 10.7 Å². The average molecular weight is 356 g/mol. The van der Waals surface area contributed by atoms with Gasteiger partial charge in [-0.1, -0.05) is 54.6 Å². The molecule has 1 saturated carbocycles. The molecule has 2 aromatic heterocycles. The minimum Gasteiger partial charge on any atom is -0.321 e. The molecule has 5 rings (SSSR count). The highest BCUT2D eigenvalue weighted by Crippen LogP contribution is 2.39. The highest BCUT2D eigenvalue weighted by atomic mass is 16.1. The Kier molecular flexibility index (Phi) is 3.52. The molecule has 2 heterocycles. The second-order valence-electron chi connectivity index (χ2n) is 7.30. The van der Waals surface area contributed by atoms with E-state index in [2.05, 4.69) is 29.4 Å². The number of benzene rings is 2. The monoisotopic (exact) mass is 356 g/mol. The van der Waals surface area contributed by atoms with Crippen LogP contribution < -0.4 is 11.3 Å². The molecule has 0 bridgehead atoms. The van der Waals surface area contributed by atoms with Crippen molar-refractivity contribution in [3.63, 3.8) is 0 Å². The van der Waals surface area contributed by atoms with E-state index < -0.39 is 0 Å². The lowest BCUT2D eigenvalue weighted by molar-refractivity contribution is 0.253. The van der Waals surface area contributed by atoms with E-state index in [-0.39, 0.29) is 11.1 Å². The van der Waals surface area contributed by atoms with Crippen LogP contribution in [0.4, 0.5) is 0 Å². The van der Waals surface area contributed by atoms with Crippen molar-refractivity contribution in [3.8, 4) is 22.4 Å². The van der Waals surface area contributed by atoms with Crippen LogP contribution in [0.1, 0.15) is 24.8 Å². The lowest BCUT2D eigenvalue weighted by Gasteiger charge is -2.38. The fraction of sp³-hybridized carbons (Fsp3) is 0.182. The lowest BCUT2D eigenvalue weighted by Crippen LogP contribution is -2.43. The van der Waals surface area contributed by atoms with Crippen LogP contribution in [0.3, 0.4) is 0 Å². The summed E-state index contributed by atoms with van der Waals surface area (Å²) in [5.74, 6) is 0. The summed E-state index contributed by atoms with van der Waals surface area (Å²) in [5, 5.41) is 2.77. The first-order valence-electron chi connectivity index (χ1n) is 9.20. The summed E-state index contributed by atoms with van der Waals surface area (Å²) in [6.07, 6.45) is 5.20. The van der Waals surface area contributed by atoms with E-state index in [9.17, 15) is 4.79 Å². The molecule has 1 aliphatic carbocycles. The zero-order valence-electron chi connectivity index (χ0n) is 14.9. The first kappa shape index (κ1) is 16.0. The molecule has 0 spiro atoms. The van der Waals surface area contributed by atoms with Gasteiger partial charge < -0.3 is 5.73 Å². The molecule has 27 heavy (non-hydrogen) atoms. The Bertz CT molecular complexity index is 1170. The van der Waals surface area contributed by atoms with Crippen LogP contribution in [0.2, 0.25) is 0 Å². The number of hydrogen-bond acceptors (Lipinski definition) is 3. The molecule has 0 radical (unpaired) electrons. The molecule has 0 unspecified atom stereocenters. The highest BCUT2D eigenvalue weighted by molar-refractivity contribution is 5.81. The summed E-state index contributed by atoms with van der Waals surface area (Å²) < 4.78 is 1.67. The van der Waals surface area contributed by atoms with E-state index in [1.807, 2.05) is 36.5 Å². The quantitative estimate of drug-likeness (QED) is 0.588. The number of aromatic amines is 1. The normalized spacial score (nSPS) is 15.6. The van der Waals surface area contributed by atoms with Gasteiger partial charge in [0.25, 0.3) is 5.56 Å². The third-order valence-electron chi connectivity index (χ3n) is 5.54. The summed E-state index contributed by atoms with van der Waals surface area (Å²) in [4.78, 5) is 16.5. The van der Waals surface area contributed by atoms with Crippen LogP contribution in [-0.2, 0) is 5.54 Å². The van der Waals surface area contributed by atoms with Gasteiger partial charge in [0, 0.05) is 28.9 Å². The Balaban J connectivity index is 1.68. The zero-order chi connectivity index (χ0) is 18.4. The van der Waals surface area contributed by atoms with Crippen LogP contribution in [0, 0.1) is 0 Å². The molecule has 0 aliphatic heterocycles. The molecule has 1 aliphatic rings. The summed E-state index contributed by atoms with van der Waals surface area (Å²) in [6.45, 7) is 0. The molecule has 5 nitrogen and oxygen atoms in total. The molecule has 0 amide bonds. The van der Waals surface area contributed by atoms with Crippen LogP contribution in [0.25, 0.3) is 28.0 Å². The number of fused-ring (bicyclic) bond motifs is 1. The summed E-state index contributed by atoms with van der Waals surface area (Å²) in [6, 6.07) is 20.0. The molecule has 2 aromatic carbocycles. The summed E-state index contributed by atoms with van der Waals surface area (Å²) in [5.41, 5.74) is 11.8. The molecule has 0 atom stereocenters. The maximum Gasteiger partial charge on any atom is 0.266 e. The molecule has 134 valence electrons. The average Bonchev–Trinajstić information content (AvgIpc) is 3.05. The van der Waals surface area contributed by atoms with Crippen molar-refractivity contribution < 1.29 is 0 Å². The van der Waals surface area contributed by atoms with E-state index in [0.29, 0.717) is 5.65 Å². The fourth-order valence-corrected chi connectivity index (χ4v) is 3.80. The first-order valence-corrected chi connectivity index (χ1v) is 9.20. The second kappa shape index (κ2) is 5.93. The SMILES string of the molecule is NC1(c2ccc(-c3nc4cc(=O)[nH]n4cc3-c3ccccc3)cc2)CCC1. The second-order valence-corrected chi connectivity index (χ2v) is 7.30. The number of H-pyrrole nitrogens is 1. The topological polar surface area (TPSA) is 76.2 Å². The van der Waals surface area contributed by atoms with Crippen molar-refractivity contribution in [1.29, 1.82) is 0 Å². The number of nitrogens with one attached hydrogen (secondary N) is 1. The van der Waals surface area contributed by atoms with Crippen molar-refractivity contribution in [2.75, 3.05) is 0 Å². The predicted octanol–water partition coefficient (Wildman–Crippen LogP) is 3.69. The molecule has 4 aromatic rings. The largest absolute Gasteiger partial charge is 0.321 e. The van der Waals surface area contributed by atoms with Crippen molar-refractivity contribution in [2.45, 2.75) is 24.8 Å². The van der Waals surface area contributed by atoms with Gasteiger partial charge in [-0.25, -0.2) is 9.50 Å². The molecular formula is C22H20N4O. The van der Waals surface area contributed by atoms with Crippen molar-refractivity contribution >= 4 is 5.65 Å². The number of aromatic nitrogens is 3. The molecular weight excluding hydrogens is 336 g/mol. The van der Waals surface area contributed by atoms with Gasteiger partial charge in [-0.3, -0.25) is 9.89 Å². The van der Waals surface area contributed by atoms with Gasteiger partial charge in [-0.2, -0.15) is 0 Å². The van der Waals surface area contributed by atoms with Crippen LogP contribution in [0.15, 0.2) is 71.7 Å². The van der Waals surface area contributed by atoms with Crippen LogP contribution in [0.5, 0.6) is 0 Å². The van der Waals surface area contributed by atoms with E-state index in [0.717, 1.165) is 35.2 Å². The maximum atomic E-state index is 11.7. The third kappa shape index (κ3) is 2.67. The van der Waals surface area contributed by atoms with Gasteiger partial charge in [0.2, 0.25) is 0 Å². The van der Waals surface area contributed by atoms with Crippen LogP contribution >= 0.6 is 0 Å². The Morgan fingerprint density at radius 2 is 1.74 bits per heavy atom. The van der Waals surface area contributed by atoms with Crippen molar-refractivity contribution in [2.24, 2.45) is 5.73 Å². The molecule has 1 fully saturated rings. The van der Waals surface area contributed by atoms with Gasteiger partial charge >= 0.3 is 0 Å². The Morgan fingerprint density at radius 3 is 2.41 bits per heavy atom. The number of hydrogen-bond donors (Lipinski definition) is 2. The standard InChI is InChI=1S/C22H20N4O/c23-22(11-4-12-22)17-9-7-16(8-10-17)21-18(15-5-2-1-3-6-15)14-26-19(24-21)13-20(27)25-26/h1-3,5-10,13-14H,4,11-12,23H2,(H,25,27). The zero-order valence-corrected chi connectivity index (χ0v) is 14.9. The lowest BCUT2D eigenvalue weighted by atomic mass is 9.72. The van der Waals surface area contributed by atoms with E-state index in [1.54, 1.807) is 4.52 Å². The Hall–Kier alpha value is -3.18. The van der Waals surface area contributed by atoms with Crippen LogP contribution in [-0.4, -0.2) is 14.6 Å². The van der Waals surface area contributed by atoms with Gasteiger partial charge in [0.15, 0.2) is 5.65 Å². The predicted molar refractivity (Wildman–Crippen MR) is 106 cm³/mol. The first-order chi connectivity index (χ1) is 13.1. The number of rotatable bonds is 3. The van der Waals surface area contributed by atoms with E-state index in [1.165, 1.54) is 18.1 Å².